The van der Waals surface area contributed by atoms with Gasteiger partial charge >= 0.3 is 12.1 Å². The molecule has 0 saturated heterocycles. The summed E-state index contributed by atoms with van der Waals surface area (Å²) in [5.74, 6) is -2.95. The summed E-state index contributed by atoms with van der Waals surface area (Å²) < 4.78 is 39.9. The number of para-hydroxylation sites is 1. The molecule has 1 aliphatic rings. The molecule has 0 bridgehead atoms. The van der Waals surface area contributed by atoms with Gasteiger partial charge in [0, 0.05) is 5.39 Å². The van der Waals surface area contributed by atoms with Gasteiger partial charge in [-0.3, -0.25) is 14.4 Å². The minimum atomic E-state index is -4.48. The lowest BCUT2D eigenvalue weighted by atomic mass is 9.99. The topological polar surface area (TPSA) is 121 Å². The summed E-state index contributed by atoms with van der Waals surface area (Å²) in [4.78, 5) is 36.2. The highest BCUT2D eigenvalue weighted by Crippen LogP contribution is 2.37. The first-order chi connectivity index (χ1) is 15.1. The molecule has 0 aliphatic carbocycles. The summed E-state index contributed by atoms with van der Waals surface area (Å²) >= 11 is 0. The predicted octanol–water partition coefficient (Wildman–Crippen LogP) is 2.71. The van der Waals surface area contributed by atoms with Crippen LogP contribution >= 0.6 is 0 Å². The van der Waals surface area contributed by atoms with Crippen molar-refractivity contribution in [3.8, 4) is 5.75 Å². The van der Waals surface area contributed by atoms with Gasteiger partial charge in [-0.1, -0.05) is 18.2 Å². The van der Waals surface area contributed by atoms with E-state index in [2.05, 4.69) is 10.6 Å². The number of carbonyl (C=O) groups is 2. The molecule has 1 aromatic heterocycles. The second kappa shape index (κ2) is 7.59. The summed E-state index contributed by atoms with van der Waals surface area (Å²) in [5, 5.41) is 24.7. The zero-order chi connectivity index (χ0) is 23.2. The van der Waals surface area contributed by atoms with E-state index in [1.165, 1.54) is 22.8 Å². The number of hydrogen-bond acceptors (Lipinski definition) is 5. The maximum absolute atomic E-state index is 13.1. The van der Waals surface area contributed by atoms with Gasteiger partial charge in [-0.15, -0.1) is 0 Å². The number of aromatic nitrogens is 1. The first-order valence-corrected chi connectivity index (χ1v) is 9.40. The van der Waals surface area contributed by atoms with E-state index >= 15 is 0 Å². The van der Waals surface area contributed by atoms with Crippen molar-refractivity contribution in [2.45, 2.75) is 18.8 Å². The van der Waals surface area contributed by atoms with Crippen LogP contribution in [0.5, 0.6) is 5.75 Å². The molecule has 3 aromatic rings. The van der Waals surface area contributed by atoms with Crippen molar-refractivity contribution in [1.82, 2.24) is 9.88 Å². The van der Waals surface area contributed by atoms with Crippen molar-refractivity contribution in [3.05, 3.63) is 69.5 Å². The van der Waals surface area contributed by atoms with Crippen LogP contribution in [-0.2, 0) is 17.5 Å². The number of pyridine rings is 1. The Morgan fingerprint density at radius 1 is 1.16 bits per heavy atom. The Morgan fingerprint density at radius 3 is 2.47 bits per heavy atom. The molecule has 11 heteroatoms. The number of benzene rings is 2. The fraction of sp³-hybridized carbons (Fsp3) is 0.190. The largest absolute Gasteiger partial charge is 0.506 e. The van der Waals surface area contributed by atoms with E-state index in [-0.39, 0.29) is 11.9 Å². The van der Waals surface area contributed by atoms with E-state index in [4.69, 9.17) is 5.11 Å². The second-order valence-electron chi connectivity index (χ2n) is 7.23. The molecule has 1 atom stereocenters. The lowest BCUT2D eigenvalue weighted by molar-refractivity contribution is -0.138. The standard InChI is InChI=1S/C21H16F3N3O5/c22-21(23,24)11-6-4-10(5-7-11)14-9-27-17-12(2-1-3-13(17)26-14)18(30)16(20(27)32)19(31)25-8-15(28)29/h1-7,14,26,30H,8-9H2,(H,25,31)(H,28,29). The highest BCUT2D eigenvalue weighted by Gasteiger charge is 2.32. The zero-order valence-electron chi connectivity index (χ0n) is 16.2. The number of aliphatic carboxylic acids is 1. The van der Waals surface area contributed by atoms with E-state index in [1.807, 2.05) is 0 Å². The molecule has 0 fully saturated rings. The van der Waals surface area contributed by atoms with Crippen LogP contribution in [0.4, 0.5) is 18.9 Å². The molecule has 2 heterocycles. The minimum absolute atomic E-state index is 0.0306. The number of carboxylic acid groups (broad SMARTS) is 1. The number of carboxylic acids is 1. The van der Waals surface area contributed by atoms with Crippen LogP contribution in [0, 0.1) is 0 Å². The van der Waals surface area contributed by atoms with E-state index in [9.17, 15) is 32.7 Å². The van der Waals surface area contributed by atoms with Crippen LogP contribution in [0.3, 0.4) is 0 Å². The number of halogens is 3. The third kappa shape index (κ3) is 3.61. The minimum Gasteiger partial charge on any atom is -0.506 e. The van der Waals surface area contributed by atoms with Gasteiger partial charge in [0.1, 0.15) is 17.9 Å². The Bertz CT molecular complexity index is 1300. The van der Waals surface area contributed by atoms with Crippen molar-refractivity contribution >= 4 is 28.5 Å². The number of aromatic hydroxyl groups is 1. The van der Waals surface area contributed by atoms with Gasteiger partial charge in [-0.25, -0.2) is 0 Å². The Balaban J connectivity index is 1.79. The Morgan fingerprint density at radius 2 is 1.84 bits per heavy atom. The lowest BCUT2D eigenvalue weighted by Gasteiger charge is -2.30. The van der Waals surface area contributed by atoms with Crippen LogP contribution in [-0.4, -0.2) is 33.2 Å². The monoisotopic (exact) mass is 447 g/mol. The van der Waals surface area contributed by atoms with Crippen molar-refractivity contribution < 1.29 is 33.0 Å². The van der Waals surface area contributed by atoms with Crippen molar-refractivity contribution in [1.29, 1.82) is 0 Å². The molecular weight excluding hydrogens is 431 g/mol. The first-order valence-electron chi connectivity index (χ1n) is 9.40. The summed E-state index contributed by atoms with van der Waals surface area (Å²) in [7, 11) is 0. The molecule has 0 radical (unpaired) electrons. The highest BCUT2D eigenvalue weighted by molar-refractivity contribution is 6.05. The number of nitrogens with zero attached hydrogens (tertiary/aromatic N) is 1. The fourth-order valence-corrected chi connectivity index (χ4v) is 3.75. The van der Waals surface area contributed by atoms with Gasteiger partial charge in [0.15, 0.2) is 0 Å². The second-order valence-corrected chi connectivity index (χ2v) is 7.23. The van der Waals surface area contributed by atoms with Gasteiger partial charge in [0.2, 0.25) is 0 Å². The van der Waals surface area contributed by atoms with Gasteiger partial charge in [0.25, 0.3) is 11.5 Å². The molecule has 4 N–H and O–H groups in total. The molecule has 32 heavy (non-hydrogen) atoms. The summed E-state index contributed by atoms with van der Waals surface area (Å²) in [6.45, 7) is -0.775. The summed E-state index contributed by atoms with van der Waals surface area (Å²) in [5.41, 5.74) is -0.999. The third-order valence-corrected chi connectivity index (χ3v) is 5.22. The van der Waals surface area contributed by atoms with E-state index < -0.39 is 53.1 Å². The number of anilines is 1. The molecule has 166 valence electrons. The quantitative estimate of drug-likeness (QED) is 0.488. The number of alkyl halides is 3. The van der Waals surface area contributed by atoms with Crippen molar-refractivity contribution in [3.63, 3.8) is 0 Å². The fourth-order valence-electron chi connectivity index (χ4n) is 3.75. The molecule has 1 unspecified atom stereocenters. The van der Waals surface area contributed by atoms with Gasteiger partial charge in [-0.2, -0.15) is 13.2 Å². The zero-order valence-corrected chi connectivity index (χ0v) is 16.2. The van der Waals surface area contributed by atoms with Crippen LogP contribution < -0.4 is 16.2 Å². The van der Waals surface area contributed by atoms with Crippen molar-refractivity contribution in [2.24, 2.45) is 0 Å². The summed E-state index contributed by atoms with van der Waals surface area (Å²) in [6.07, 6.45) is -4.48. The SMILES string of the molecule is O=C(O)CNC(=O)c1c(O)c2cccc3c2n(c1=O)CC(c1ccc(C(F)(F)F)cc1)N3. The maximum Gasteiger partial charge on any atom is 0.416 e. The molecule has 1 aliphatic heterocycles. The smallest absolute Gasteiger partial charge is 0.416 e. The van der Waals surface area contributed by atoms with E-state index in [0.717, 1.165) is 12.1 Å². The normalized spacial score (nSPS) is 15.3. The van der Waals surface area contributed by atoms with Gasteiger partial charge in [-0.05, 0) is 29.8 Å². The molecule has 4 rings (SSSR count). The van der Waals surface area contributed by atoms with Crippen LogP contribution in [0.25, 0.3) is 10.9 Å². The van der Waals surface area contributed by atoms with Crippen LogP contribution in [0.2, 0.25) is 0 Å². The Kier molecular flexibility index (Phi) is 5.03. The molecule has 2 aromatic carbocycles. The molecule has 1 amide bonds. The number of nitrogens with one attached hydrogen (secondary N) is 2. The predicted molar refractivity (Wildman–Crippen MR) is 108 cm³/mol. The lowest BCUT2D eigenvalue weighted by Crippen LogP contribution is -2.38. The van der Waals surface area contributed by atoms with Crippen LogP contribution in [0.15, 0.2) is 47.3 Å². The number of rotatable bonds is 4. The van der Waals surface area contributed by atoms with Crippen LogP contribution in [0.1, 0.15) is 27.5 Å². The highest BCUT2D eigenvalue weighted by atomic mass is 19.4. The number of amides is 1. The maximum atomic E-state index is 13.1. The average Bonchev–Trinajstić information content (AvgIpc) is 2.75. The molecule has 8 nitrogen and oxygen atoms in total. The first kappa shape index (κ1) is 21.2. The Hall–Kier alpha value is -4.02. The molecule has 0 spiro atoms. The molecular formula is C21H16F3N3O5. The van der Waals surface area contributed by atoms with E-state index in [1.54, 1.807) is 12.1 Å². The third-order valence-electron chi connectivity index (χ3n) is 5.22. The van der Waals surface area contributed by atoms with Gasteiger partial charge < -0.3 is 25.4 Å². The molecule has 0 saturated carbocycles. The number of carbonyl (C=O) groups excluding carboxylic acids is 1. The van der Waals surface area contributed by atoms with Gasteiger partial charge in [0.05, 0.1) is 29.4 Å². The van der Waals surface area contributed by atoms with Crippen molar-refractivity contribution in [2.75, 3.05) is 11.9 Å². The average molecular weight is 447 g/mol. The summed E-state index contributed by atoms with van der Waals surface area (Å²) in [6, 6.07) is 8.61. The van der Waals surface area contributed by atoms with E-state index in [0.29, 0.717) is 16.8 Å². The Labute approximate surface area is 177 Å². The number of hydrogen-bond donors (Lipinski definition) is 4.